The molecule has 0 spiro atoms. The van der Waals surface area contributed by atoms with Crippen molar-refractivity contribution in [2.75, 3.05) is 47.5 Å². The highest BCUT2D eigenvalue weighted by Gasteiger charge is 2.22. The summed E-state index contributed by atoms with van der Waals surface area (Å²) in [7, 11) is 1.16. The van der Waals surface area contributed by atoms with E-state index in [1.807, 2.05) is 21.1 Å². The Morgan fingerprint density at radius 1 is 0.405 bits per heavy atom. The van der Waals surface area contributed by atoms with Crippen LogP contribution in [0.1, 0.15) is 264 Å². The summed E-state index contributed by atoms with van der Waals surface area (Å²) in [6.07, 6.45) is 82.9. The second kappa shape index (κ2) is 59.3. The first-order valence-corrected chi connectivity index (χ1v) is 33.6. The average Bonchev–Trinajstić information content (AvgIpc) is 3.41. The van der Waals surface area contributed by atoms with E-state index in [-0.39, 0.29) is 26.1 Å². The van der Waals surface area contributed by atoms with E-state index in [0.717, 1.165) is 103 Å². The van der Waals surface area contributed by atoms with Gasteiger partial charge in [-0.1, -0.05) is 258 Å². The molecule has 0 aliphatic carbocycles. The molecule has 0 heterocycles. The number of allylic oxidation sites excluding steroid dienone is 18. The summed E-state index contributed by atoms with van der Waals surface area (Å²) in [4.78, 5) is 37.9. The quantitative estimate of drug-likeness (QED) is 0.0195. The van der Waals surface area contributed by atoms with Crippen LogP contribution in [-0.2, 0) is 32.7 Å². The molecule has 79 heavy (non-hydrogen) atoms. The van der Waals surface area contributed by atoms with Crippen molar-refractivity contribution in [2.24, 2.45) is 0 Å². The lowest BCUT2D eigenvalue weighted by Crippen LogP contribution is -2.37. The average molecular weight is 1120 g/mol. The SMILES string of the molecule is CC/C=C\C/C=C\C/C=C\C/C=C\C/C=C\C/C=C\C/C=C\CCCCCCCCCCCCCCCCCC(=O)OC(COC(=O)CCCCCCCCC/C=C\C/C=C\CCCCCC)COP(=O)([O-])OCC[N+](C)(C)C. The van der Waals surface area contributed by atoms with Gasteiger partial charge in [0.05, 0.1) is 27.7 Å². The fourth-order valence-corrected chi connectivity index (χ4v) is 9.34. The molecule has 0 saturated heterocycles. The van der Waals surface area contributed by atoms with E-state index in [4.69, 9.17) is 18.5 Å². The second-order valence-corrected chi connectivity index (χ2v) is 23.8. The number of nitrogens with zero attached hydrogens (tertiary/aromatic N) is 1. The van der Waals surface area contributed by atoms with Crippen LogP contribution in [0.3, 0.4) is 0 Å². The first kappa shape index (κ1) is 75.7. The zero-order chi connectivity index (χ0) is 57.7. The molecule has 454 valence electrons. The highest BCUT2D eigenvalue weighted by molar-refractivity contribution is 7.45. The van der Waals surface area contributed by atoms with Crippen molar-refractivity contribution in [2.45, 2.75) is 270 Å². The van der Waals surface area contributed by atoms with Crippen LogP contribution in [0, 0.1) is 0 Å². The van der Waals surface area contributed by atoms with Crippen molar-refractivity contribution in [3.8, 4) is 0 Å². The van der Waals surface area contributed by atoms with Gasteiger partial charge >= 0.3 is 11.9 Å². The molecule has 0 saturated carbocycles. The van der Waals surface area contributed by atoms with Gasteiger partial charge in [-0.25, -0.2) is 0 Å². The van der Waals surface area contributed by atoms with Gasteiger partial charge in [-0.2, -0.15) is 0 Å². The Labute approximate surface area is 486 Å². The molecule has 2 atom stereocenters. The van der Waals surface area contributed by atoms with E-state index in [2.05, 4.69) is 123 Å². The fraction of sp³-hybridized carbons (Fsp3) is 0.710. The first-order chi connectivity index (χ1) is 38.5. The van der Waals surface area contributed by atoms with Crippen LogP contribution < -0.4 is 4.89 Å². The molecule has 2 unspecified atom stereocenters. The van der Waals surface area contributed by atoms with Crippen LogP contribution in [-0.4, -0.2) is 70.0 Å². The van der Waals surface area contributed by atoms with Gasteiger partial charge in [-0.05, 0) is 103 Å². The summed E-state index contributed by atoms with van der Waals surface area (Å²) >= 11 is 0. The number of carbonyl (C=O) groups excluding carboxylic acids is 2. The van der Waals surface area contributed by atoms with Crippen LogP contribution in [0.25, 0.3) is 0 Å². The monoisotopic (exact) mass is 1120 g/mol. The number of likely N-dealkylation sites (N-methyl/N-ethyl adjacent to an activating group) is 1. The number of phosphoric acid groups is 1. The predicted octanol–water partition coefficient (Wildman–Crippen LogP) is 19.9. The molecular formula is C69H120NO8P. The number of quaternary nitrogens is 1. The fourth-order valence-electron chi connectivity index (χ4n) is 8.61. The van der Waals surface area contributed by atoms with Gasteiger partial charge in [-0.3, -0.25) is 14.2 Å². The number of esters is 2. The van der Waals surface area contributed by atoms with Crippen LogP contribution in [0.4, 0.5) is 0 Å². The first-order valence-electron chi connectivity index (χ1n) is 32.1. The van der Waals surface area contributed by atoms with Crippen LogP contribution in [0.2, 0.25) is 0 Å². The smallest absolute Gasteiger partial charge is 0.306 e. The normalized spacial score (nSPS) is 13.9. The number of ether oxygens (including phenoxy) is 2. The Morgan fingerprint density at radius 3 is 1.08 bits per heavy atom. The third-order valence-electron chi connectivity index (χ3n) is 13.5. The summed E-state index contributed by atoms with van der Waals surface area (Å²) in [5, 5.41) is 0. The molecule has 0 rings (SSSR count). The van der Waals surface area contributed by atoms with Crippen LogP contribution in [0.15, 0.2) is 109 Å². The maximum absolute atomic E-state index is 12.8. The molecule has 0 bridgehead atoms. The second-order valence-electron chi connectivity index (χ2n) is 22.4. The molecule has 0 N–H and O–H groups in total. The zero-order valence-electron chi connectivity index (χ0n) is 51.5. The number of rotatable bonds is 58. The van der Waals surface area contributed by atoms with Gasteiger partial charge in [0.2, 0.25) is 0 Å². The number of hydrogen-bond acceptors (Lipinski definition) is 8. The Kier molecular flexibility index (Phi) is 56.8. The van der Waals surface area contributed by atoms with Crippen molar-refractivity contribution in [3.63, 3.8) is 0 Å². The summed E-state index contributed by atoms with van der Waals surface area (Å²) < 4.78 is 34.2. The standard InChI is InChI=1S/C69H120NO8P/c1-6-8-10-12-14-16-18-20-22-24-26-27-28-29-30-31-32-33-34-35-36-37-38-39-40-41-42-43-44-46-48-50-52-54-56-58-60-62-69(72)78-67(66-77-79(73,74)76-64-63-70(3,4)5)65-75-68(71)61-59-57-55-53-51-49-47-45-25-23-21-19-17-15-13-11-9-7-2/h8,10,14,16-17,19-20,22-23,25-27,29-30,32-33,35-36,67H,6-7,9,11-13,15,18,21,24,28,31,34,37-66H2,1-5H3/b10-8-,16-14-,19-17-,22-20-,25-23-,27-26-,30-29-,33-32-,36-35-. The molecule has 10 heteroatoms. The van der Waals surface area contributed by atoms with Crippen LogP contribution in [0.5, 0.6) is 0 Å². The van der Waals surface area contributed by atoms with E-state index in [0.29, 0.717) is 17.4 Å². The third-order valence-corrected chi connectivity index (χ3v) is 14.5. The van der Waals surface area contributed by atoms with E-state index in [1.165, 1.54) is 128 Å². The number of hydrogen-bond donors (Lipinski definition) is 0. The Bertz CT molecular complexity index is 1700. The van der Waals surface area contributed by atoms with E-state index < -0.39 is 32.5 Å². The molecular weight excluding hydrogens is 1000 g/mol. The maximum Gasteiger partial charge on any atom is 0.306 e. The Morgan fingerprint density at radius 2 is 0.722 bits per heavy atom. The Hall–Kier alpha value is -3.33. The lowest BCUT2D eigenvalue weighted by Gasteiger charge is -2.28. The zero-order valence-corrected chi connectivity index (χ0v) is 52.4. The molecule has 0 aliphatic rings. The largest absolute Gasteiger partial charge is 0.756 e. The summed E-state index contributed by atoms with van der Waals surface area (Å²) in [5.41, 5.74) is 0. The highest BCUT2D eigenvalue weighted by atomic mass is 31.2. The minimum Gasteiger partial charge on any atom is -0.756 e. The lowest BCUT2D eigenvalue weighted by atomic mass is 10.0. The molecule has 0 amide bonds. The van der Waals surface area contributed by atoms with Gasteiger partial charge < -0.3 is 27.9 Å². The van der Waals surface area contributed by atoms with E-state index >= 15 is 0 Å². The van der Waals surface area contributed by atoms with Crippen molar-refractivity contribution < 1.29 is 42.1 Å². The van der Waals surface area contributed by atoms with Gasteiger partial charge in [-0.15, -0.1) is 0 Å². The van der Waals surface area contributed by atoms with Crippen LogP contribution >= 0.6 is 7.82 Å². The molecule has 9 nitrogen and oxygen atoms in total. The Balaban J connectivity index is 4.06. The van der Waals surface area contributed by atoms with Gasteiger partial charge in [0.25, 0.3) is 7.82 Å². The van der Waals surface area contributed by atoms with Gasteiger partial charge in [0.1, 0.15) is 19.8 Å². The molecule has 0 fully saturated rings. The minimum absolute atomic E-state index is 0.0356. The molecule has 0 aliphatic heterocycles. The summed E-state index contributed by atoms with van der Waals surface area (Å²) in [5.74, 6) is -0.841. The van der Waals surface area contributed by atoms with Crippen molar-refractivity contribution >= 4 is 19.8 Å². The molecule has 0 aromatic carbocycles. The van der Waals surface area contributed by atoms with Crippen molar-refractivity contribution in [1.29, 1.82) is 0 Å². The lowest BCUT2D eigenvalue weighted by molar-refractivity contribution is -0.870. The molecule has 0 aromatic rings. The number of phosphoric ester groups is 1. The van der Waals surface area contributed by atoms with Gasteiger partial charge in [0, 0.05) is 12.8 Å². The highest BCUT2D eigenvalue weighted by Crippen LogP contribution is 2.38. The van der Waals surface area contributed by atoms with E-state index in [1.54, 1.807) is 0 Å². The summed E-state index contributed by atoms with van der Waals surface area (Å²) in [6.45, 7) is 4.11. The van der Waals surface area contributed by atoms with Crippen molar-refractivity contribution in [1.82, 2.24) is 0 Å². The number of carbonyl (C=O) groups is 2. The third kappa shape index (κ3) is 63.7. The maximum atomic E-state index is 12.8. The minimum atomic E-state index is -4.64. The molecule has 0 radical (unpaired) electrons. The van der Waals surface area contributed by atoms with E-state index in [9.17, 15) is 19.0 Å². The number of unbranched alkanes of at least 4 members (excludes halogenated alkanes) is 26. The molecule has 0 aromatic heterocycles. The topological polar surface area (TPSA) is 111 Å². The van der Waals surface area contributed by atoms with Gasteiger partial charge in [0.15, 0.2) is 6.10 Å². The summed E-state index contributed by atoms with van der Waals surface area (Å²) in [6, 6.07) is 0. The van der Waals surface area contributed by atoms with Crippen molar-refractivity contribution in [3.05, 3.63) is 109 Å². The predicted molar refractivity (Wildman–Crippen MR) is 337 cm³/mol.